The first-order valence-corrected chi connectivity index (χ1v) is 5.00. The zero-order chi connectivity index (χ0) is 11.7. The van der Waals surface area contributed by atoms with Gasteiger partial charge in [-0.3, -0.25) is 4.79 Å². The molecular weight excluding hydrogens is 210 g/mol. The molecule has 2 rings (SSSR count). The first-order chi connectivity index (χ1) is 7.65. The van der Waals surface area contributed by atoms with Gasteiger partial charge in [-0.25, -0.2) is 0 Å². The Balaban J connectivity index is 2.44. The molecule has 0 bridgehead atoms. The first kappa shape index (κ1) is 10.9. The number of rotatable bonds is 2. The summed E-state index contributed by atoms with van der Waals surface area (Å²) in [6.07, 6.45) is -1.02. The van der Waals surface area contributed by atoms with Crippen molar-refractivity contribution in [2.45, 2.75) is 6.10 Å². The average molecular weight is 223 g/mol. The number of benzene rings is 1. The predicted molar refractivity (Wildman–Crippen MR) is 57.0 cm³/mol. The molecule has 0 fully saturated rings. The second-order valence-corrected chi connectivity index (χ2v) is 3.81. The summed E-state index contributed by atoms with van der Waals surface area (Å²) in [6.45, 7) is -0.141. The SMILES string of the molecule is O=C(O)C1CN(CO)c2ccccc2C1O. The zero-order valence-electron chi connectivity index (χ0n) is 8.58. The zero-order valence-corrected chi connectivity index (χ0v) is 8.58. The van der Waals surface area contributed by atoms with Crippen molar-refractivity contribution in [2.75, 3.05) is 18.2 Å². The van der Waals surface area contributed by atoms with Gasteiger partial charge in [0.25, 0.3) is 0 Å². The fourth-order valence-corrected chi connectivity index (χ4v) is 2.03. The van der Waals surface area contributed by atoms with Gasteiger partial charge in [0.05, 0.1) is 6.10 Å². The number of carboxylic acids is 1. The van der Waals surface area contributed by atoms with E-state index in [9.17, 15) is 15.0 Å². The number of hydrogen-bond acceptors (Lipinski definition) is 4. The van der Waals surface area contributed by atoms with E-state index in [1.807, 2.05) is 0 Å². The molecule has 1 aliphatic heterocycles. The van der Waals surface area contributed by atoms with Crippen LogP contribution in [0.3, 0.4) is 0 Å². The lowest BCUT2D eigenvalue weighted by atomic mass is 9.90. The van der Waals surface area contributed by atoms with E-state index in [4.69, 9.17) is 5.11 Å². The summed E-state index contributed by atoms with van der Waals surface area (Å²) in [7, 11) is 0. The van der Waals surface area contributed by atoms with Gasteiger partial charge in [0.1, 0.15) is 12.6 Å². The Hall–Kier alpha value is -1.59. The molecule has 5 nitrogen and oxygen atoms in total. The molecule has 0 aliphatic carbocycles. The van der Waals surface area contributed by atoms with Crippen LogP contribution < -0.4 is 4.90 Å². The maximum atomic E-state index is 11.0. The lowest BCUT2D eigenvalue weighted by molar-refractivity contribution is -0.145. The van der Waals surface area contributed by atoms with Crippen LogP contribution in [0.4, 0.5) is 5.69 Å². The Labute approximate surface area is 92.6 Å². The second-order valence-electron chi connectivity index (χ2n) is 3.81. The predicted octanol–water partition coefficient (Wildman–Crippen LogP) is 0.191. The molecule has 2 unspecified atom stereocenters. The molecule has 0 amide bonds. The van der Waals surface area contributed by atoms with Crippen molar-refractivity contribution in [1.29, 1.82) is 0 Å². The Bertz CT molecular complexity index is 407. The number of carboxylic acid groups (broad SMARTS) is 1. The maximum absolute atomic E-state index is 11.0. The number of anilines is 1. The molecule has 1 aromatic rings. The highest BCUT2D eigenvalue weighted by molar-refractivity contribution is 5.74. The van der Waals surface area contributed by atoms with Gasteiger partial charge in [-0.05, 0) is 6.07 Å². The molecule has 0 aromatic heterocycles. The third-order valence-electron chi connectivity index (χ3n) is 2.88. The van der Waals surface area contributed by atoms with Crippen molar-refractivity contribution in [2.24, 2.45) is 5.92 Å². The van der Waals surface area contributed by atoms with Gasteiger partial charge in [0.15, 0.2) is 0 Å². The Morgan fingerprint density at radius 2 is 2.12 bits per heavy atom. The van der Waals surface area contributed by atoms with E-state index in [1.54, 1.807) is 29.2 Å². The lowest BCUT2D eigenvalue weighted by Crippen LogP contribution is -2.41. The van der Waals surface area contributed by atoms with Gasteiger partial charge < -0.3 is 20.2 Å². The van der Waals surface area contributed by atoms with Crippen LogP contribution in [0, 0.1) is 5.92 Å². The van der Waals surface area contributed by atoms with Crippen molar-refractivity contribution in [1.82, 2.24) is 0 Å². The number of carbonyl (C=O) groups is 1. The molecule has 0 spiro atoms. The van der Waals surface area contributed by atoms with Gasteiger partial charge in [-0.2, -0.15) is 0 Å². The highest BCUT2D eigenvalue weighted by Crippen LogP contribution is 2.36. The van der Waals surface area contributed by atoms with Crippen molar-refractivity contribution in [3.63, 3.8) is 0 Å². The Morgan fingerprint density at radius 3 is 2.75 bits per heavy atom. The van der Waals surface area contributed by atoms with E-state index >= 15 is 0 Å². The molecule has 1 aromatic carbocycles. The van der Waals surface area contributed by atoms with Crippen molar-refractivity contribution >= 4 is 11.7 Å². The van der Waals surface area contributed by atoms with Gasteiger partial charge in [0, 0.05) is 17.8 Å². The summed E-state index contributed by atoms with van der Waals surface area (Å²) in [6, 6.07) is 6.96. The van der Waals surface area contributed by atoms with E-state index in [1.165, 1.54) is 0 Å². The smallest absolute Gasteiger partial charge is 0.311 e. The number of para-hydroxylation sites is 1. The van der Waals surface area contributed by atoms with Gasteiger partial charge in [0.2, 0.25) is 0 Å². The quantitative estimate of drug-likeness (QED) is 0.667. The van der Waals surface area contributed by atoms with Gasteiger partial charge >= 0.3 is 5.97 Å². The number of fused-ring (bicyclic) bond motifs is 1. The van der Waals surface area contributed by atoms with Crippen LogP contribution in [0.15, 0.2) is 24.3 Å². The molecule has 1 heterocycles. The van der Waals surface area contributed by atoms with E-state index in [0.717, 1.165) is 0 Å². The number of nitrogens with zero attached hydrogens (tertiary/aromatic N) is 1. The molecule has 1 aliphatic rings. The molecule has 2 atom stereocenters. The highest BCUT2D eigenvalue weighted by Gasteiger charge is 2.36. The molecule has 5 heteroatoms. The maximum Gasteiger partial charge on any atom is 0.311 e. The minimum atomic E-state index is -1.06. The average Bonchev–Trinajstić information content (AvgIpc) is 2.29. The third kappa shape index (κ3) is 1.64. The standard InChI is InChI=1S/C11H13NO4/c13-6-12-5-8(11(15)16)10(14)7-3-1-2-4-9(7)12/h1-4,8,10,13-14H,5-6H2,(H,15,16). The molecule has 16 heavy (non-hydrogen) atoms. The summed E-state index contributed by atoms with van der Waals surface area (Å²) < 4.78 is 0. The fraction of sp³-hybridized carbons (Fsp3) is 0.364. The molecule has 3 N–H and O–H groups in total. The Morgan fingerprint density at radius 1 is 1.44 bits per heavy atom. The van der Waals surface area contributed by atoms with E-state index in [0.29, 0.717) is 11.3 Å². The molecule has 0 saturated heterocycles. The molecular formula is C11H13NO4. The topological polar surface area (TPSA) is 81.0 Å². The minimum absolute atomic E-state index is 0.115. The fourth-order valence-electron chi connectivity index (χ4n) is 2.03. The van der Waals surface area contributed by atoms with Gasteiger partial charge in [-0.1, -0.05) is 18.2 Å². The van der Waals surface area contributed by atoms with Crippen LogP contribution in [-0.2, 0) is 4.79 Å². The van der Waals surface area contributed by atoms with Crippen LogP contribution in [0.2, 0.25) is 0 Å². The van der Waals surface area contributed by atoms with E-state index < -0.39 is 18.0 Å². The molecule has 0 saturated carbocycles. The Kier molecular flexibility index (Phi) is 2.80. The third-order valence-corrected chi connectivity index (χ3v) is 2.88. The van der Waals surface area contributed by atoms with Gasteiger partial charge in [-0.15, -0.1) is 0 Å². The van der Waals surface area contributed by atoms with Crippen molar-refractivity contribution in [3.8, 4) is 0 Å². The number of aliphatic hydroxyl groups excluding tert-OH is 2. The summed E-state index contributed by atoms with van der Waals surface area (Å²) in [5, 5.41) is 28.1. The highest BCUT2D eigenvalue weighted by atomic mass is 16.4. The van der Waals surface area contributed by atoms with E-state index in [2.05, 4.69) is 0 Å². The number of aliphatic carboxylic acids is 1. The van der Waals surface area contributed by atoms with Crippen molar-refractivity contribution in [3.05, 3.63) is 29.8 Å². The summed E-state index contributed by atoms with van der Waals surface area (Å²) in [4.78, 5) is 12.5. The monoisotopic (exact) mass is 223 g/mol. The molecule has 86 valence electrons. The van der Waals surface area contributed by atoms with Crippen LogP contribution in [0.5, 0.6) is 0 Å². The van der Waals surface area contributed by atoms with Crippen LogP contribution in [-0.4, -0.2) is 34.6 Å². The van der Waals surface area contributed by atoms with Crippen molar-refractivity contribution < 1.29 is 20.1 Å². The number of hydrogen-bond donors (Lipinski definition) is 3. The first-order valence-electron chi connectivity index (χ1n) is 5.00. The van der Waals surface area contributed by atoms with E-state index in [-0.39, 0.29) is 13.3 Å². The molecule has 0 radical (unpaired) electrons. The lowest BCUT2D eigenvalue weighted by Gasteiger charge is -2.36. The normalized spacial score (nSPS) is 24.0. The number of aliphatic hydroxyl groups is 2. The second kappa shape index (κ2) is 4.11. The summed E-state index contributed by atoms with van der Waals surface area (Å²) >= 11 is 0. The summed E-state index contributed by atoms with van der Waals surface area (Å²) in [5.41, 5.74) is 1.24. The van der Waals surface area contributed by atoms with Crippen LogP contribution >= 0.6 is 0 Å². The van der Waals surface area contributed by atoms with Crippen LogP contribution in [0.25, 0.3) is 0 Å². The summed E-state index contributed by atoms with van der Waals surface area (Å²) in [5.74, 6) is -1.96. The largest absolute Gasteiger partial charge is 0.481 e. The minimum Gasteiger partial charge on any atom is -0.481 e. The van der Waals surface area contributed by atoms with Crippen LogP contribution in [0.1, 0.15) is 11.7 Å².